The first-order valence-corrected chi connectivity index (χ1v) is 7.86. The third-order valence-electron chi connectivity index (χ3n) is 3.36. The van der Waals surface area contributed by atoms with E-state index in [2.05, 4.69) is 10.3 Å². The van der Waals surface area contributed by atoms with Crippen molar-refractivity contribution in [3.05, 3.63) is 51.3 Å². The van der Waals surface area contributed by atoms with Crippen molar-refractivity contribution < 1.29 is 22.9 Å². The van der Waals surface area contributed by atoms with E-state index in [1.807, 2.05) is 0 Å². The Labute approximate surface area is 131 Å². The number of aromatic nitrogens is 1. The molecule has 23 heavy (non-hydrogen) atoms. The minimum Gasteiger partial charge on any atom is -0.494 e. The number of hydrogen-bond donors (Lipinski definition) is 4. The molecule has 1 heterocycles. The van der Waals surface area contributed by atoms with E-state index in [0.29, 0.717) is 5.56 Å². The fourth-order valence-corrected chi connectivity index (χ4v) is 2.53. The zero-order valence-electron chi connectivity index (χ0n) is 12.2. The molecule has 0 atom stereocenters. The van der Waals surface area contributed by atoms with Gasteiger partial charge in [-0.1, -0.05) is 6.07 Å². The Morgan fingerprint density at radius 2 is 1.87 bits per heavy atom. The molecule has 0 bridgehead atoms. The molecule has 0 saturated carbocycles. The van der Waals surface area contributed by atoms with Crippen LogP contribution in [0.4, 0.5) is 5.69 Å². The first kappa shape index (κ1) is 16.7. The van der Waals surface area contributed by atoms with Crippen molar-refractivity contribution in [2.45, 2.75) is 18.7 Å². The lowest BCUT2D eigenvalue weighted by atomic mass is 10.1. The second-order valence-corrected chi connectivity index (χ2v) is 6.31. The zero-order valence-corrected chi connectivity index (χ0v) is 13.1. The van der Waals surface area contributed by atoms with Gasteiger partial charge < -0.3 is 10.4 Å². The van der Waals surface area contributed by atoms with Gasteiger partial charge >= 0.3 is 0 Å². The molecule has 0 fully saturated rings. The number of amides is 1. The Hall–Kier alpha value is -2.65. The van der Waals surface area contributed by atoms with Crippen LogP contribution in [0.1, 0.15) is 21.5 Å². The van der Waals surface area contributed by atoms with Crippen molar-refractivity contribution >= 4 is 21.7 Å². The van der Waals surface area contributed by atoms with Crippen LogP contribution in [-0.2, 0) is 10.1 Å². The van der Waals surface area contributed by atoms with Gasteiger partial charge in [0.1, 0.15) is 5.56 Å². The van der Waals surface area contributed by atoms with Gasteiger partial charge in [0, 0.05) is 11.3 Å². The fraction of sp³-hybridized carbons (Fsp3) is 0.143. The normalized spacial score (nSPS) is 11.3. The largest absolute Gasteiger partial charge is 0.494 e. The first-order chi connectivity index (χ1) is 10.6. The molecule has 8 nitrogen and oxygen atoms in total. The smallest absolute Gasteiger partial charge is 0.294 e. The summed E-state index contributed by atoms with van der Waals surface area (Å²) in [7, 11) is -4.40. The van der Waals surface area contributed by atoms with Gasteiger partial charge in [-0.3, -0.25) is 19.1 Å². The van der Waals surface area contributed by atoms with Gasteiger partial charge in [0.05, 0.1) is 4.90 Å². The number of aromatic amines is 1. The SMILES string of the molecule is Cc1c(C(=O)Nc2cccc(S(=O)(=O)O)c2)c(O)[nH]c(=O)c1C. The predicted octanol–water partition coefficient (Wildman–Crippen LogP) is 1.20. The number of hydrogen-bond acceptors (Lipinski definition) is 5. The number of anilines is 1. The van der Waals surface area contributed by atoms with Crippen molar-refractivity contribution in [3.8, 4) is 5.88 Å². The molecular weight excluding hydrogens is 324 g/mol. The molecule has 0 saturated heterocycles. The summed E-state index contributed by atoms with van der Waals surface area (Å²) >= 11 is 0. The maximum absolute atomic E-state index is 12.3. The van der Waals surface area contributed by atoms with Crippen LogP contribution in [-0.4, -0.2) is 29.0 Å². The Morgan fingerprint density at radius 3 is 2.48 bits per heavy atom. The standard InChI is InChI=1S/C14H14N2O6S/c1-7-8(2)12(17)16-14(19)11(7)13(18)15-9-4-3-5-10(6-9)23(20,21)22/h3-6H,1-2H3,(H,15,18)(H2,16,17,19)(H,20,21,22). The molecule has 2 aromatic rings. The highest BCUT2D eigenvalue weighted by atomic mass is 32.2. The van der Waals surface area contributed by atoms with E-state index < -0.39 is 27.5 Å². The Morgan fingerprint density at radius 1 is 1.22 bits per heavy atom. The number of H-pyrrole nitrogens is 1. The lowest BCUT2D eigenvalue weighted by molar-refractivity contribution is 0.102. The molecule has 2 rings (SSSR count). The highest BCUT2D eigenvalue weighted by Crippen LogP contribution is 2.21. The van der Waals surface area contributed by atoms with E-state index in [1.54, 1.807) is 0 Å². The Bertz CT molecular complexity index is 946. The van der Waals surface area contributed by atoms with Crippen LogP contribution in [0, 0.1) is 13.8 Å². The maximum Gasteiger partial charge on any atom is 0.294 e. The molecule has 4 N–H and O–H groups in total. The summed E-state index contributed by atoms with van der Waals surface area (Å²) < 4.78 is 31.2. The number of nitrogens with one attached hydrogen (secondary N) is 2. The molecular formula is C14H14N2O6S. The molecule has 0 unspecified atom stereocenters. The van der Waals surface area contributed by atoms with Crippen molar-refractivity contribution in [1.82, 2.24) is 4.98 Å². The minimum absolute atomic E-state index is 0.104. The van der Waals surface area contributed by atoms with E-state index in [-0.39, 0.29) is 21.7 Å². The first-order valence-electron chi connectivity index (χ1n) is 6.42. The number of carbonyl (C=O) groups excluding carboxylic acids is 1. The molecule has 9 heteroatoms. The van der Waals surface area contributed by atoms with Crippen molar-refractivity contribution in [3.63, 3.8) is 0 Å². The van der Waals surface area contributed by atoms with E-state index in [4.69, 9.17) is 4.55 Å². The monoisotopic (exact) mass is 338 g/mol. The number of benzene rings is 1. The van der Waals surface area contributed by atoms with E-state index in [0.717, 1.165) is 12.1 Å². The number of rotatable bonds is 3. The topological polar surface area (TPSA) is 137 Å². The van der Waals surface area contributed by atoms with E-state index >= 15 is 0 Å². The Balaban J connectivity index is 2.42. The number of pyridine rings is 1. The molecule has 0 aliphatic carbocycles. The van der Waals surface area contributed by atoms with Crippen LogP contribution in [0.25, 0.3) is 0 Å². The molecule has 122 valence electrons. The molecule has 0 aliphatic heterocycles. The van der Waals surface area contributed by atoms with Gasteiger partial charge in [-0.05, 0) is 37.6 Å². The van der Waals surface area contributed by atoms with Gasteiger partial charge in [0.25, 0.3) is 21.6 Å². The molecule has 1 aromatic carbocycles. The van der Waals surface area contributed by atoms with Crippen LogP contribution >= 0.6 is 0 Å². The quantitative estimate of drug-likeness (QED) is 0.621. The van der Waals surface area contributed by atoms with E-state index in [1.165, 1.54) is 26.0 Å². The third-order valence-corrected chi connectivity index (χ3v) is 4.21. The third kappa shape index (κ3) is 3.41. The molecule has 1 aromatic heterocycles. The number of carbonyl (C=O) groups is 1. The van der Waals surface area contributed by atoms with Gasteiger partial charge in [0.15, 0.2) is 0 Å². The van der Waals surface area contributed by atoms with Gasteiger partial charge in [-0.15, -0.1) is 0 Å². The second-order valence-electron chi connectivity index (χ2n) is 4.88. The molecule has 0 radical (unpaired) electrons. The average molecular weight is 338 g/mol. The highest BCUT2D eigenvalue weighted by molar-refractivity contribution is 7.85. The molecule has 0 spiro atoms. The van der Waals surface area contributed by atoms with E-state index in [9.17, 15) is 23.1 Å². The van der Waals surface area contributed by atoms with Crippen LogP contribution in [0.3, 0.4) is 0 Å². The van der Waals surface area contributed by atoms with Crippen LogP contribution < -0.4 is 10.9 Å². The maximum atomic E-state index is 12.3. The summed E-state index contributed by atoms with van der Waals surface area (Å²) in [6.07, 6.45) is 0. The number of aromatic hydroxyl groups is 1. The van der Waals surface area contributed by atoms with Crippen LogP contribution in [0.5, 0.6) is 5.88 Å². The predicted molar refractivity (Wildman–Crippen MR) is 82.4 cm³/mol. The summed E-state index contributed by atoms with van der Waals surface area (Å²) in [4.78, 5) is 25.6. The van der Waals surface area contributed by atoms with Crippen LogP contribution in [0.15, 0.2) is 34.0 Å². The summed E-state index contributed by atoms with van der Waals surface area (Å²) in [5, 5.41) is 12.2. The van der Waals surface area contributed by atoms with Crippen molar-refractivity contribution in [2.24, 2.45) is 0 Å². The summed E-state index contributed by atoms with van der Waals surface area (Å²) in [5.41, 5.74) is 0.0476. The van der Waals surface area contributed by atoms with Gasteiger partial charge in [0.2, 0.25) is 5.88 Å². The van der Waals surface area contributed by atoms with Gasteiger partial charge in [-0.2, -0.15) is 8.42 Å². The zero-order chi connectivity index (χ0) is 17.4. The van der Waals surface area contributed by atoms with Crippen molar-refractivity contribution in [2.75, 3.05) is 5.32 Å². The molecule has 0 aliphatic rings. The summed E-state index contributed by atoms with van der Waals surface area (Å²) in [6, 6.07) is 4.98. The minimum atomic E-state index is -4.40. The lowest BCUT2D eigenvalue weighted by Gasteiger charge is -2.11. The highest BCUT2D eigenvalue weighted by Gasteiger charge is 2.19. The van der Waals surface area contributed by atoms with Crippen LogP contribution in [0.2, 0.25) is 0 Å². The lowest BCUT2D eigenvalue weighted by Crippen LogP contribution is -2.20. The van der Waals surface area contributed by atoms with Gasteiger partial charge in [-0.25, -0.2) is 0 Å². The second kappa shape index (κ2) is 5.86. The molecule has 1 amide bonds. The fourth-order valence-electron chi connectivity index (χ4n) is 2.00. The Kier molecular flexibility index (Phi) is 4.26. The summed E-state index contributed by atoms with van der Waals surface area (Å²) in [5.74, 6) is -1.31. The average Bonchev–Trinajstić information content (AvgIpc) is 2.44. The van der Waals surface area contributed by atoms with Crippen molar-refractivity contribution in [1.29, 1.82) is 0 Å². The summed E-state index contributed by atoms with van der Waals surface area (Å²) in [6.45, 7) is 3.01.